The van der Waals surface area contributed by atoms with Crippen LogP contribution in [-0.4, -0.2) is 19.1 Å². The molecule has 3 aromatic rings. The Hall–Kier alpha value is -2.06. The summed E-state index contributed by atoms with van der Waals surface area (Å²) in [4.78, 5) is 14.2. The van der Waals surface area contributed by atoms with Crippen LogP contribution in [0.25, 0.3) is 10.4 Å². The normalized spacial score (nSPS) is 12.7. The summed E-state index contributed by atoms with van der Waals surface area (Å²) in [6, 6.07) is 17.4. The van der Waals surface area contributed by atoms with Gasteiger partial charge < -0.3 is 14.8 Å². The van der Waals surface area contributed by atoms with Crippen LogP contribution in [0.4, 0.5) is 5.69 Å². The van der Waals surface area contributed by atoms with Gasteiger partial charge in [0.2, 0.25) is 0 Å². The Labute approximate surface area is 162 Å². The number of hydrogen-bond donors (Lipinski definition) is 1. The van der Waals surface area contributed by atoms with Gasteiger partial charge in [0.15, 0.2) is 11.5 Å². The molecule has 0 saturated carbocycles. The lowest BCUT2D eigenvalue weighted by atomic mass is 10.1. The van der Waals surface area contributed by atoms with E-state index >= 15 is 0 Å². The first-order valence-electron chi connectivity index (χ1n) is 7.76. The highest BCUT2D eigenvalue weighted by Gasteiger charge is 2.15. The Kier molecular flexibility index (Phi) is 4.63. The molecule has 4 nitrogen and oxygen atoms in total. The van der Waals surface area contributed by atoms with E-state index in [4.69, 9.17) is 9.47 Å². The van der Waals surface area contributed by atoms with Gasteiger partial charge in [0.1, 0.15) is 13.2 Å². The lowest BCUT2D eigenvalue weighted by Gasteiger charge is -2.18. The summed E-state index contributed by atoms with van der Waals surface area (Å²) >= 11 is 3.67. The topological polar surface area (TPSA) is 47.6 Å². The van der Waals surface area contributed by atoms with Crippen molar-refractivity contribution in [1.82, 2.24) is 0 Å². The van der Waals surface area contributed by atoms with E-state index in [9.17, 15) is 4.79 Å². The quantitative estimate of drug-likeness (QED) is 0.554. The minimum absolute atomic E-state index is 0.0992. The van der Waals surface area contributed by atoms with Crippen LogP contribution in [0.1, 0.15) is 9.67 Å². The largest absolute Gasteiger partial charge is 0.486 e. The fraction of sp³-hybridized carbons (Fsp3) is 0.105. The summed E-state index contributed by atoms with van der Waals surface area (Å²) < 4.78 is 12.2. The molecule has 25 heavy (non-hydrogen) atoms. The van der Waals surface area contributed by atoms with Crippen molar-refractivity contribution in [2.24, 2.45) is 0 Å². The van der Waals surface area contributed by atoms with Gasteiger partial charge in [0.25, 0.3) is 5.91 Å². The molecule has 1 aliphatic heterocycles. The number of anilines is 1. The van der Waals surface area contributed by atoms with Crippen LogP contribution in [-0.2, 0) is 0 Å². The summed E-state index contributed by atoms with van der Waals surface area (Å²) in [7, 11) is 0. The molecule has 1 aromatic heterocycles. The van der Waals surface area contributed by atoms with Crippen LogP contribution < -0.4 is 14.8 Å². The van der Waals surface area contributed by atoms with Crippen LogP contribution in [0.3, 0.4) is 0 Å². The average molecular weight is 463 g/mol. The zero-order valence-electron chi connectivity index (χ0n) is 13.1. The summed E-state index contributed by atoms with van der Waals surface area (Å²) in [5, 5.41) is 2.96. The number of nitrogens with one attached hydrogen (secondary N) is 1. The number of rotatable bonds is 3. The van der Waals surface area contributed by atoms with Gasteiger partial charge in [-0.1, -0.05) is 12.1 Å². The third-order valence-electron chi connectivity index (χ3n) is 3.78. The van der Waals surface area contributed by atoms with Gasteiger partial charge in [-0.25, -0.2) is 0 Å². The molecule has 6 heteroatoms. The fourth-order valence-corrected chi connectivity index (χ4v) is 3.98. The summed E-state index contributed by atoms with van der Waals surface area (Å²) in [6.45, 7) is 1.14. The van der Waals surface area contributed by atoms with Crippen molar-refractivity contribution >= 4 is 45.5 Å². The fourth-order valence-electron chi connectivity index (χ4n) is 2.56. The molecule has 0 fully saturated rings. The number of para-hydroxylation sites is 1. The van der Waals surface area contributed by atoms with Crippen LogP contribution in [0, 0.1) is 3.57 Å². The Bertz CT molecular complexity index is 938. The number of carbonyl (C=O) groups excluding carboxylic acids is 1. The standard InChI is InChI=1S/C19H14INO3S/c20-13-3-1-2-4-14(13)21-19(22)18-8-7-17(25-18)12-5-6-15-16(11-12)24-10-9-23-15/h1-8,11H,9-10H2,(H,21,22). The lowest BCUT2D eigenvalue weighted by molar-refractivity contribution is 0.103. The van der Waals surface area contributed by atoms with Crippen LogP contribution in [0.2, 0.25) is 0 Å². The smallest absolute Gasteiger partial charge is 0.265 e. The van der Waals surface area contributed by atoms with Crippen molar-refractivity contribution in [3.05, 3.63) is 63.0 Å². The lowest BCUT2D eigenvalue weighted by Crippen LogP contribution is -2.15. The molecule has 0 atom stereocenters. The molecule has 126 valence electrons. The van der Waals surface area contributed by atoms with Crippen molar-refractivity contribution in [1.29, 1.82) is 0 Å². The van der Waals surface area contributed by atoms with E-state index in [-0.39, 0.29) is 5.91 Å². The molecule has 1 amide bonds. The number of carbonyl (C=O) groups is 1. The van der Waals surface area contributed by atoms with Crippen LogP contribution in [0.5, 0.6) is 11.5 Å². The predicted molar refractivity (Wildman–Crippen MR) is 108 cm³/mol. The molecule has 4 rings (SSSR count). The van der Waals surface area contributed by atoms with Crippen molar-refractivity contribution in [2.45, 2.75) is 0 Å². The second-order valence-electron chi connectivity index (χ2n) is 5.46. The Morgan fingerprint density at radius 2 is 1.80 bits per heavy atom. The highest BCUT2D eigenvalue weighted by atomic mass is 127. The van der Waals surface area contributed by atoms with E-state index < -0.39 is 0 Å². The molecule has 0 aliphatic carbocycles. The maximum Gasteiger partial charge on any atom is 0.265 e. The SMILES string of the molecule is O=C(Nc1ccccc1I)c1ccc(-c2ccc3c(c2)OCCO3)s1. The summed E-state index contributed by atoms with van der Waals surface area (Å²) in [6.07, 6.45) is 0. The van der Waals surface area contributed by atoms with E-state index in [1.54, 1.807) is 0 Å². The summed E-state index contributed by atoms with van der Waals surface area (Å²) in [5.41, 5.74) is 1.84. The maximum absolute atomic E-state index is 12.5. The van der Waals surface area contributed by atoms with Gasteiger partial charge in [-0.05, 0) is 70.6 Å². The molecule has 2 heterocycles. The second-order valence-corrected chi connectivity index (χ2v) is 7.70. The van der Waals surface area contributed by atoms with Gasteiger partial charge in [-0.15, -0.1) is 11.3 Å². The van der Waals surface area contributed by atoms with E-state index in [0.29, 0.717) is 18.1 Å². The number of ether oxygens (including phenoxy) is 2. The molecule has 2 aromatic carbocycles. The highest BCUT2D eigenvalue weighted by molar-refractivity contribution is 14.1. The first kappa shape index (κ1) is 16.4. The van der Waals surface area contributed by atoms with Crippen LogP contribution >= 0.6 is 33.9 Å². The highest BCUT2D eigenvalue weighted by Crippen LogP contribution is 2.37. The second kappa shape index (κ2) is 7.05. The molecule has 0 saturated heterocycles. The predicted octanol–water partition coefficient (Wildman–Crippen LogP) is 5.04. The van der Waals surface area contributed by atoms with E-state index in [1.807, 2.05) is 54.6 Å². The maximum atomic E-state index is 12.5. The third kappa shape index (κ3) is 3.50. The molecular formula is C19H14INO3S. The molecule has 0 unspecified atom stereocenters. The van der Waals surface area contributed by atoms with Crippen molar-refractivity contribution in [3.63, 3.8) is 0 Å². The number of amides is 1. The number of benzene rings is 2. The van der Waals surface area contributed by atoms with Gasteiger partial charge >= 0.3 is 0 Å². The zero-order valence-corrected chi connectivity index (χ0v) is 16.1. The van der Waals surface area contributed by atoms with Crippen LogP contribution in [0.15, 0.2) is 54.6 Å². The van der Waals surface area contributed by atoms with Gasteiger partial charge in [0, 0.05) is 8.45 Å². The molecular weight excluding hydrogens is 449 g/mol. The number of halogens is 1. The minimum atomic E-state index is -0.0992. The van der Waals surface area contributed by atoms with E-state index in [1.165, 1.54) is 11.3 Å². The average Bonchev–Trinajstić information content (AvgIpc) is 3.13. The first-order chi connectivity index (χ1) is 12.2. The number of fused-ring (bicyclic) bond motifs is 1. The van der Waals surface area contributed by atoms with Crippen molar-refractivity contribution < 1.29 is 14.3 Å². The van der Waals surface area contributed by atoms with Gasteiger partial charge in [0.05, 0.1) is 10.6 Å². The number of hydrogen-bond acceptors (Lipinski definition) is 4. The van der Waals surface area contributed by atoms with E-state index in [2.05, 4.69) is 27.9 Å². The van der Waals surface area contributed by atoms with Gasteiger partial charge in [-0.2, -0.15) is 0 Å². The first-order valence-corrected chi connectivity index (χ1v) is 9.66. The summed E-state index contributed by atoms with van der Waals surface area (Å²) in [5.74, 6) is 1.42. The minimum Gasteiger partial charge on any atom is -0.486 e. The molecule has 1 aliphatic rings. The molecule has 1 N–H and O–H groups in total. The van der Waals surface area contributed by atoms with Crippen molar-refractivity contribution in [3.8, 4) is 21.9 Å². The Morgan fingerprint density at radius 3 is 2.64 bits per heavy atom. The zero-order chi connectivity index (χ0) is 17.2. The monoisotopic (exact) mass is 463 g/mol. The van der Waals surface area contributed by atoms with Crippen molar-refractivity contribution in [2.75, 3.05) is 18.5 Å². The molecule has 0 bridgehead atoms. The molecule has 0 spiro atoms. The number of thiophene rings is 1. The van der Waals surface area contributed by atoms with Gasteiger partial charge in [-0.3, -0.25) is 4.79 Å². The molecule has 0 radical (unpaired) electrons. The third-order valence-corrected chi connectivity index (χ3v) is 5.85. The van der Waals surface area contributed by atoms with E-state index in [0.717, 1.165) is 31.2 Å². The Morgan fingerprint density at radius 1 is 1.00 bits per heavy atom. The Balaban J connectivity index is 1.56.